The van der Waals surface area contributed by atoms with Crippen LogP contribution < -0.4 is 0 Å². The van der Waals surface area contributed by atoms with E-state index in [0.717, 1.165) is 22.7 Å². The molecule has 0 N–H and O–H groups in total. The Labute approximate surface area is 169 Å². The highest BCUT2D eigenvalue weighted by molar-refractivity contribution is 5.97. The average molecular weight is 383 g/mol. The fourth-order valence-electron chi connectivity index (χ4n) is 2.95. The molecular formula is C24H21N3O2. The van der Waals surface area contributed by atoms with Gasteiger partial charge in [-0.2, -0.15) is 0 Å². The van der Waals surface area contributed by atoms with Crippen molar-refractivity contribution in [1.82, 2.24) is 14.5 Å². The molecule has 1 aromatic carbocycles. The van der Waals surface area contributed by atoms with Crippen LogP contribution in [0, 0.1) is 11.8 Å². The van der Waals surface area contributed by atoms with E-state index in [9.17, 15) is 4.79 Å². The first-order valence-corrected chi connectivity index (χ1v) is 9.43. The van der Waals surface area contributed by atoms with Gasteiger partial charge in [0.15, 0.2) is 5.78 Å². The molecule has 0 saturated carbocycles. The van der Waals surface area contributed by atoms with Gasteiger partial charge in [0.25, 0.3) is 0 Å². The van der Waals surface area contributed by atoms with E-state index in [1.807, 2.05) is 73.8 Å². The van der Waals surface area contributed by atoms with E-state index in [1.54, 1.807) is 12.3 Å². The van der Waals surface area contributed by atoms with Crippen molar-refractivity contribution < 1.29 is 9.32 Å². The lowest BCUT2D eigenvalue weighted by molar-refractivity contribution is 0.0990. The first-order chi connectivity index (χ1) is 13.9. The summed E-state index contributed by atoms with van der Waals surface area (Å²) in [6, 6.07) is 15.0. The third-order valence-electron chi connectivity index (χ3n) is 4.58. The number of Topliss-reactive ketones (excluding diaryl/α,β-unsaturated/α-hetero) is 1. The van der Waals surface area contributed by atoms with Gasteiger partial charge in [0.1, 0.15) is 17.1 Å². The molecule has 144 valence electrons. The van der Waals surface area contributed by atoms with Crippen LogP contribution in [0.2, 0.25) is 0 Å². The summed E-state index contributed by atoms with van der Waals surface area (Å²) in [7, 11) is 0. The highest BCUT2D eigenvalue weighted by Crippen LogP contribution is 2.23. The Morgan fingerprint density at radius 3 is 2.76 bits per heavy atom. The molecule has 29 heavy (non-hydrogen) atoms. The second-order valence-electron chi connectivity index (χ2n) is 7.94. The van der Waals surface area contributed by atoms with Gasteiger partial charge in [-0.1, -0.05) is 50.0 Å². The highest BCUT2D eigenvalue weighted by Gasteiger charge is 2.20. The van der Waals surface area contributed by atoms with Gasteiger partial charge in [-0.05, 0) is 30.2 Å². The summed E-state index contributed by atoms with van der Waals surface area (Å²) in [5.74, 6) is 7.01. The summed E-state index contributed by atoms with van der Waals surface area (Å²) in [6.07, 6.45) is 3.87. The summed E-state index contributed by atoms with van der Waals surface area (Å²) in [5.41, 5.74) is 3.54. The monoisotopic (exact) mass is 383 g/mol. The Morgan fingerprint density at radius 1 is 1.10 bits per heavy atom. The molecule has 0 aliphatic carbocycles. The standard InChI is InChI=1S/C24H21N3O2/c1-24(2,3)22-15-19(26-29-22)14-21(28)18-8-6-7-17(13-18)10-11-20-16-25-23-9-4-5-12-27(20)23/h4-9,12-13,15-16H,14H2,1-3H3. The van der Waals surface area contributed by atoms with Crippen molar-refractivity contribution in [3.05, 3.63) is 89.2 Å². The number of pyridine rings is 1. The van der Waals surface area contributed by atoms with Crippen LogP contribution in [0.3, 0.4) is 0 Å². The second kappa shape index (κ2) is 7.40. The molecule has 4 aromatic rings. The largest absolute Gasteiger partial charge is 0.361 e. The fourth-order valence-corrected chi connectivity index (χ4v) is 2.95. The van der Waals surface area contributed by atoms with Crippen molar-refractivity contribution in [3.63, 3.8) is 0 Å². The predicted molar refractivity (Wildman–Crippen MR) is 111 cm³/mol. The molecular weight excluding hydrogens is 362 g/mol. The average Bonchev–Trinajstić information content (AvgIpc) is 3.33. The van der Waals surface area contributed by atoms with Crippen LogP contribution in [0.15, 0.2) is 65.4 Å². The molecule has 0 amide bonds. The molecule has 0 spiro atoms. The predicted octanol–water partition coefficient (Wildman–Crippen LogP) is 4.45. The Kier molecular flexibility index (Phi) is 4.77. The lowest BCUT2D eigenvalue weighted by Crippen LogP contribution is -2.09. The van der Waals surface area contributed by atoms with E-state index in [1.165, 1.54) is 0 Å². The van der Waals surface area contributed by atoms with E-state index in [4.69, 9.17) is 4.52 Å². The minimum absolute atomic E-state index is 0.0165. The lowest BCUT2D eigenvalue weighted by atomic mass is 9.93. The number of carbonyl (C=O) groups excluding carboxylic acids is 1. The summed E-state index contributed by atoms with van der Waals surface area (Å²) in [5, 5.41) is 4.04. The van der Waals surface area contributed by atoms with Crippen molar-refractivity contribution in [2.24, 2.45) is 0 Å². The first-order valence-electron chi connectivity index (χ1n) is 9.43. The van der Waals surface area contributed by atoms with Gasteiger partial charge in [0, 0.05) is 28.8 Å². The molecule has 0 aliphatic rings. The van der Waals surface area contributed by atoms with Crippen LogP contribution in [0.25, 0.3) is 5.65 Å². The quantitative estimate of drug-likeness (QED) is 0.387. The lowest BCUT2D eigenvalue weighted by Gasteiger charge is -2.12. The number of hydrogen-bond donors (Lipinski definition) is 0. The maximum absolute atomic E-state index is 12.7. The molecule has 5 heteroatoms. The molecule has 0 radical (unpaired) electrons. The van der Waals surface area contributed by atoms with Gasteiger partial charge in [0.2, 0.25) is 0 Å². The summed E-state index contributed by atoms with van der Waals surface area (Å²) < 4.78 is 7.30. The highest BCUT2D eigenvalue weighted by atomic mass is 16.5. The van der Waals surface area contributed by atoms with E-state index < -0.39 is 0 Å². The van der Waals surface area contributed by atoms with Crippen molar-refractivity contribution in [2.45, 2.75) is 32.6 Å². The van der Waals surface area contributed by atoms with Crippen molar-refractivity contribution in [1.29, 1.82) is 0 Å². The van der Waals surface area contributed by atoms with Crippen LogP contribution in [0.5, 0.6) is 0 Å². The SMILES string of the molecule is CC(C)(C)c1cc(CC(=O)c2cccc(C#Cc3cnc4ccccn34)c2)no1. The molecule has 3 heterocycles. The van der Waals surface area contributed by atoms with E-state index in [2.05, 4.69) is 22.0 Å². The number of nitrogens with zero attached hydrogens (tertiary/aromatic N) is 3. The van der Waals surface area contributed by atoms with Crippen LogP contribution in [0.1, 0.15) is 53.8 Å². The van der Waals surface area contributed by atoms with Crippen LogP contribution in [-0.4, -0.2) is 20.3 Å². The van der Waals surface area contributed by atoms with E-state index in [-0.39, 0.29) is 17.6 Å². The van der Waals surface area contributed by atoms with Gasteiger partial charge in [0.05, 0.1) is 18.3 Å². The van der Waals surface area contributed by atoms with Crippen LogP contribution >= 0.6 is 0 Å². The molecule has 0 unspecified atom stereocenters. The summed E-state index contributed by atoms with van der Waals surface area (Å²) >= 11 is 0. The van der Waals surface area contributed by atoms with Crippen molar-refractivity contribution in [2.75, 3.05) is 0 Å². The minimum Gasteiger partial charge on any atom is -0.361 e. The number of aromatic nitrogens is 3. The third kappa shape index (κ3) is 4.12. The Morgan fingerprint density at radius 2 is 1.97 bits per heavy atom. The maximum Gasteiger partial charge on any atom is 0.168 e. The zero-order valence-corrected chi connectivity index (χ0v) is 16.6. The molecule has 5 nitrogen and oxygen atoms in total. The minimum atomic E-state index is -0.137. The molecule has 0 atom stereocenters. The Balaban J connectivity index is 1.53. The number of rotatable bonds is 3. The maximum atomic E-state index is 12.7. The molecule has 3 aromatic heterocycles. The van der Waals surface area contributed by atoms with Gasteiger partial charge < -0.3 is 4.52 Å². The second-order valence-corrected chi connectivity index (χ2v) is 7.94. The Hall–Kier alpha value is -3.65. The van der Waals surface area contributed by atoms with Crippen molar-refractivity contribution in [3.8, 4) is 11.8 Å². The van der Waals surface area contributed by atoms with Crippen LogP contribution in [-0.2, 0) is 11.8 Å². The first kappa shape index (κ1) is 18.7. The van der Waals surface area contributed by atoms with E-state index >= 15 is 0 Å². The number of hydrogen-bond acceptors (Lipinski definition) is 4. The normalized spacial score (nSPS) is 11.3. The van der Waals surface area contributed by atoms with Gasteiger partial charge in [-0.15, -0.1) is 0 Å². The zero-order valence-electron chi connectivity index (χ0n) is 16.6. The van der Waals surface area contributed by atoms with E-state index in [0.29, 0.717) is 11.3 Å². The smallest absolute Gasteiger partial charge is 0.168 e. The van der Waals surface area contributed by atoms with Crippen molar-refractivity contribution >= 4 is 11.4 Å². The summed E-state index contributed by atoms with van der Waals surface area (Å²) in [4.78, 5) is 17.0. The molecule has 0 saturated heterocycles. The number of fused-ring (bicyclic) bond motifs is 1. The topological polar surface area (TPSA) is 60.4 Å². The van der Waals surface area contributed by atoms with Gasteiger partial charge in [-0.3, -0.25) is 9.20 Å². The number of imidazole rings is 1. The number of carbonyl (C=O) groups is 1. The molecule has 0 bridgehead atoms. The summed E-state index contributed by atoms with van der Waals surface area (Å²) in [6.45, 7) is 6.14. The Bertz CT molecular complexity index is 1250. The van der Waals surface area contributed by atoms with Gasteiger partial charge >= 0.3 is 0 Å². The zero-order chi connectivity index (χ0) is 20.4. The molecule has 0 fully saturated rings. The number of benzene rings is 1. The number of ketones is 1. The molecule has 4 rings (SSSR count). The fraction of sp³-hybridized carbons (Fsp3) is 0.208. The molecule has 0 aliphatic heterocycles. The van der Waals surface area contributed by atoms with Crippen LogP contribution in [0.4, 0.5) is 0 Å². The van der Waals surface area contributed by atoms with Gasteiger partial charge in [-0.25, -0.2) is 4.98 Å². The third-order valence-corrected chi connectivity index (χ3v) is 4.58.